The molecule has 62 valence electrons. The molecule has 0 N–H and O–H groups in total. The second-order valence-corrected chi connectivity index (χ2v) is 4.81. The maximum Gasteiger partial charge on any atom is 0.156 e. The Kier molecular flexibility index (Phi) is 7.35. The maximum absolute atomic E-state index is 5.05. The van der Waals surface area contributed by atoms with E-state index in [1.165, 1.54) is 12.1 Å². The largest absolute Gasteiger partial charge is 0.356 e. The quantitative estimate of drug-likeness (QED) is 0.330. The van der Waals surface area contributed by atoms with Crippen molar-refractivity contribution in [1.82, 2.24) is 0 Å². The fourth-order valence-electron chi connectivity index (χ4n) is 0.893. The normalized spacial score (nSPS) is 12.0. The Morgan fingerprint density at radius 2 is 1.90 bits per heavy atom. The average Bonchev–Trinajstić information content (AvgIpc) is 1.99. The molecule has 0 aromatic carbocycles. The molecule has 0 amide bonds. The third-order valence-corrected chi connectivity index (χ3v) is 3.18. The Hall–Kier alpha value is 0.137. The van der Waals surface area contributed by atoms with Crippen LogP contribution >= 0.6 is 0 Å². The minimum atomic E-state index is 0.0408. The van der Waals surface area contributed by atoms with E-state index >= 15 is 0 Å². The molecule has 0 bridgehead atoms. The first-order chi connectivity index (χ1) is 4.85. The summed E-state index contributed by atoms with van der Waals surface area (Å²) < 4.78 is 10.1. The molecule has 0 spiro atoms. The molecule has 0 saturated carbocycles. The smallest absolute Gasteiger partial charge is 0.156 e. The molecule has 0 heterocycles. The zero-order valence-electron chi connectivity index (χ0n) is 7.22. The van der Waals surface area contributed by atoms with E-state index < -0.39 is 0 Å². The third kappa shape index (κ3) is 4.96. The molecule has 0 aromatic heterocycles. The molecule has 0 atom stereocenters. The number of methoxy groups -OCH3 is 2. The van der Waals surface area contributed by atoms with Crippen LogP contribution in [0.1, 0.15) is 13.3 Å². The minimum Gasteiger partial charge on any atom is -0.356 e. The van der Waals surface area contributed by atoms with Gasteiger partial charge in [0.05, 0.1) is 0 Å². The summed E-state index contributed by atoms with van der Waals surface area (Å²) in [4.78, 5) is 0. The standard InChI is InChI=1S/C7H18O2Si/c1-4-10-6-5-7(8-2)9-3/h7H,4-6,10H2,1-3H3. The number of ether oxygens (including phenoxy) is 2. The van der Waals surface area contributed by atoms with Crippen LogP contribution < -0.4 is 0 Å². The molecule has 0 aromatic rings. The van der Waals surface area contributed by atoms with Crippen molar-refractivity contribution in [2.45, 2.75) is 31.7 Å². The molecule has 0 unspecified atom stereocenters. The lowest BCUT2D eigenvalue weighted by molar-refractivity contribution is -0.103. The van der Waals surface area contributed by atoms with Crippen molar-refractivity contribution in [1.29, 1.82) is 0 Å². The highest BCUT2D eigenvalue weighted by Gasteiger charge is 2.02. The lowest BCUT2D eigenvalue weighted by Crippen LogP contribution is -2.13. The lowest BCUT2D eigenvalue weighted by atomic mass is 10.5. The fourth-order valence-corrected chi connectivity index (χ4v) is 2.01. The van der Waals surface area contributed by atoms with Gasteiger partial charge in [-0.1, -0.05) is 19.0 Å². The van der Waals surface area contributed by atoms with Gasteiger partial charge >= 0.3 is 0 Å². The molecule has 0 aliphatic rings. The third-order valence-electron chi connectivity index (χ3n) is 1.57. The predicted octanol–water partition coefficient (Wildman–Crippen LogP) is 1.02. The topological polar surface area (TPSA) is 18.5 Å². The molecule has 10 heavy (non-hydrogen) atoms. The van der Waals surface area contributed by atoms with Crippen molar-refractivity contribution in [3.8, 4) is 0 Å². The second-order valence-electron chi connectivity index (χ2n) is 2.40. The van der Waals surface area contributed by atoms with Crippen LogP contribution in [0.2, 0.25) is 12.1 Å². The Morgan fingerprint density at radius 3 is 2.30 bits per heavy atom. The van der Waals surface area contributed by atoms with Crippen molar-refractivity contribution in [3.63, 3.8) is 0 Å². The van der Waals surface area contributed by atoms with E-state index in [-0.39, 0.29) is 15.8 Å². The number of rotatable bonds is 6. The Balaban J connectivity index is 3.09. The monoisotopic (exact) mass is 162 g/mol. The van der Waals surface area contributed by atoms with Crippen LogP contribution in [0.4, 0.5) is 0 Å². The van der Waals surface area contributed by atoms with Crippen molar-refractivity contribution in [2.75, 3.05) is 14.2 Å². The van der Waals surface area contributed by atoms with Crippen LogP contribution in [0.25, 0.3) is 0 Å². The molecule has 0 rings (SSSR count). The van der Waals surface area contributed by atoms with E-state index in [4.69, 9.17) is 9.47 Å². The zero-order chi connectivity index (χ0) is 7.82. The number of hydrogen-bond donors (Lipinski definition) is 0. The van der Waals surface area contributed by atoms with Crippen LogP contribution in [0, 0.1) is 0 Å². The van der Waals surface area contributed by atoms with Gasteiger partial charge in [-0.15, -0.1) is 0 Å². The summed E-state index contributed by atoms with van der Waals surface area (Å²) in [5, 5.41) is 0. The highest BCUT2D eigenvalue weighted by molar-refractivity contribution is 6.35. The molecule has 3 heteroatoms. The first kappa shape index (κ1) is 10.1. The molecule has 0 radical (unpaired) electrons. The van der Waals surface area contributed by atoms with Gasteiger partial charge in [-0.3, -0.25) is 0 Å². The predicted molar refractivity (Wildman–Crippen MR) is 46.3 cm³/mol. The minimum absolute atomic E-state index is 0.0408. The molecule has 0 aliphatic heterocycles. The highest BCUT2D eigenvalue weighted by atomic mass is 28.2. The van der Waals surface area contributed by atoms with E-state index in [1.807, 2.05) is 0 Å². The molecule has 0 saturated heterocycles. The van der Waals surface area contributed by atoms with E-state index in [0.29, 0.717) is 0 Å². The molecular formula is C7H18O2Si. The van der Waals surface area contributed by atoms with Gasteiger partial charge in [0.25, 0.3) is 0 Å². The van der Waals surface area contributed by atoms with E-state index in [9.17, 15) is 0 Å². The van der Waals surface area contributed by atoms with Crippen molar-refractivity contribution in [2.24, 2.45) is 0 Å². The van der Waals surface area contributed by atoms with Crippen molar-refractivity contribution < 1.29 is 9.47 Å². The van der Waals surface area contributed by atoms with Gasteiger partial charge in [0.2, 0.25) is 0 Å². The molecular weight excluding hydrogens is 144 g/mol. The highest BCUT2D eigenvalue weighted by Crippen LogP contribution is 2.02. The summed E-state index contributed by atoms with van der Waals surface area (Å²) in [5.41, 5.74) is 0. The lowest BCUT2D eigenvalue weighted by Gasteiger charge is -2.11. The Morgan fingerprint density at radius 1 is 1.30 bits per heavy atom. The summed E-state index contributed by atoms with van der Waals surface area (Å²) in [5.74, 6) is 0. The molecule has 2 nitrogen and oxygen atoms in total. The van der Waals surface area contributed by atoms with Crippen molar-refractivity contribution >= 4 is 9.52 Å². The summed E-state index contributed by atoms with van der Waals surface area (Å²) >= 11 is 0. The van der Waals surface area contributed by atoms with Gasteiger partial charge in [-0.25, -0.2) is 0 Å². The summed E-state index contributed by atoms with van der Waals surface area (Å²) in [6, 6.07) is 2.73. The van der Waals surface area contributed by atoms with Crippen LogP contribution in [-0.4, -0.2) is 30.0 Å². The SMILES string of the molecule is CC[SiH2]CCC(OC)OC. The van der Waals surface area contributed by atoms with E-state index in [0.717, 1.165) is 6.42 Å². The van der Waals surface area contributed by atoms with Gasteiger partial charge in [0.15, 0.2) is 6.29 Å². The van der Waals surface area contributed by atoms with Gasteiger partial charge in [-0.2, -0.15) is 0 Å². The summed E-state index contributed by atoms with van der Waals surface area (Å²) in [7, 11) is 3.59. The first-order valence-electron chi connectivity index (χ1n) is 3.90. The average molecular weight is 162 g/mol. The molecule has 0 fully saturated rings. The molecule has 0 aliphatic carbocycles. The van der Waals surface area contributed by atoms with Crippen LogP contribution in [0.5, 0.6) is 0 Å². The maximum atomic E-state index is 5.05. The first-order valence-corrected chi connectivity index (χ1v) is 5.90. The van der Waals surface area contributed by atoms with Crippen molar-refractivity contribution in [3.05, 3.63) is 0 Å². The van der Waals surface area contributed by atoms with Gasteiger partial charge in [0, 0.05) is 23.7 Å². The summed E-state index contributed by atoms with van der Waals surface area (Å²) in [6.07, 6.45) is 1.12. The number of hydrogen-bond acceptors (Lipinski definition) is 2. The van der Waals surface area contributed by atoms with E-state index in [2.05, 4.69) is 6.92 Å². The van der Waals surface area contributed by atoms with Gasteiger partial charge in [0.1, 0.15) is 0 Å². The Bertz CT molecular complexity index is 64.6. The van der Waals surface area contributed by atoms with Crippen LogP contribution in [-0.2, 0) is 9.47 Å². The Labute approximate surface area is 65.7 Å². The zero-order valence-corrected chi connectivity index (χ0v) is 8.64. The van der Waals surface area contributed by atoms with Gasteiger partial charge < -0.3 is 9.47 Å². The van der Waals surface area contributed by atoms with Gasteiger partial charge in [-0.05, 0) is 6.42 Å². The summed E-state index contributed by atoms with van der Waals surface area (Å²) in [6.45, 7) is 2.25. The van der Waals surface area contributed by atoms with Crippen LogP contribution in [0.15, 0.2) is 0 Å². The van der Waals surface area contributed by atoms with E-state index in [1.54, 1.807) is 14.2 Å². The fraction of sp³-hybridized carbons (Fsp3) is 1.00. The van der Waals surface area contributed by atoms with Crippen LogP contribution in [0.3, 0.4) is 0 Å². The second kappa shape index (κ2) is 7.25.